The highest BCUT2D eigenvalue weighted by molar-refractivity contribution is 6.30. The zero-order chi connectivity index (χ0) is 14.7. The molecule has 0 bridgehead atoms. The largest absolute Gasteiger partial charge is 0.493 e. The minimum atomic E-state index is 0.158. The molecule has 1 aliphatic heterocycles. The smallest absolute Gasteiger partial charge is 0.244 e. The second-order valence-corrected chi connectivity index (χ2v) is 5.53. The second-order valence-electron chi connectivity index (χ2n) is 5.09. The summed E-state index contributed by atoms with van der Waals surface area (Å²) in [6.07, 6.45) is 3.09. The van der Waals surface area contributed by atoms with E-state index in [-0.39, 0.29) is 6.04 Å². The molecule has 1 N–H and O–H groups in total. The fourth-order valence-electron chi connectivity index (χ4n) is 2.40. The number of aromatic nitrogens is 2. The van der Waals surface area contributed by atoms with E-state index in [0.29, 0.717) is 23.3 Å². The van der Waals surface area contributed by atoms with Gasteiger partial charge < -0.3 is 14.6 Å². The lowest BCUT2D eigenvalue weighted by atomic mass is 10.2. The van der Waals surface area contributed by atoms with E-state index in [0.717, 1.165) is 37.1 Å². The summed E-state index contributed by atoms with van der Waals surface area (Å²) in [5, 5.41) is 8.04. The van der Waals surface area contributed by atoms with Gasteiger partial charge in [0, 0.05) is 5.02 Å². The Kier molecular flexibility index (Phi) is 4.41. The summed E-state index contributed by atoms with van der Waals surface area (Å²) in [4.78, 5) is 4.49. The van der Waals surface area contributed by atoms with E-state index in [1.54, 1.807) is 6.07 Å². The van der Waals surface area contributed by atoms with Gasteiger partial charge in [-0.25, -0.2) is 0 Å². The normalized spacial score (nSPS) is 18.1. The molecule has 0 aliphatic carbocycles. The maximum absolute atomic E-state index is 6.08. The molecule has 1 aliphatic rings. The van der Waals surface area contributed by atoms with Crippen LogP contribution < -0.4 is 10.1 Å². The van der Waals surface area contributed by atoms with Crippen molar-refractivity contribution in [2.75, 3.05) is 13.2 Å². The van der Waals surface area contributed by atoms with E-state index in [1.165, 1.54) is 0 Å². The Hall–Kier alpha value is -1.59. The van der Waals surface area contributed by atoms with Gasteiger partial charge in [0.05, 0.1) is 18.2 Å². The summed E-state index contributed by atoms with van der Waals surface area (Å²) >= 11 is 6.08. The van der Waals surface area contributed by atoms with Crippen LogP contribution >= 0.6 is 11.6 Å². The Balaban J connectivity index is 1.89. The molecule has 6 heteroatoms. The molecule has 1 aromatic heterocycles. The van der Waals surface area contributed by atoms with Gasteiger partial charge >= 0.3 is 0 Å². The lowest BCUT2D eigenvalue weighted by molar-refractivity contribution is 0.318. The van der Waals surface area contributed by atoms with Crippen LogP contribution in [0.2, 0.25) is 5.02 Å². The van der Waals surface area contributed by atoms with Gasteiger partial charge in [-0.05, 0) is 44.0 Å². The first-order valence-corrected chi connectivity index (χ1v) is 7.65. The highest BCUT2D eigenvalue weighted by Gasteiger charge is 2.23. The Morgan fingerprint density at radius 2 is 2.38 bits per heavy atom. The van der Waals surface area contributed by atoms with Crippen LogP contribution in [0.25, 0.3) is 11.4 Å². The van der Waals surface area contributed by atoms with Gasteiger partial charge in [-0.2, -0.15) is 4.98 Å². The topological polar surface area (TPSA) is 60.2 Å². The molecule has 112 valence electrons. The summed E-state index contributed by atoms with van der Waals surface area (Å²) in [5.74, 6) is 1.88. The van der Waals surface area contributed by atoms with Crippen LogP contribution in [0.3, 0.4) is 0 Å². The van der Waals surface area contributed by atoms with Crippen molar-refractivity contribution >= 4 is 11.6 Å². The average Bonchev–Trinajstić information content (AvgIpc) is 3.16. The summed E-state index contributed by atoms with van der Waals surface area (Å²) in [6.45, 7) is 3.70. The van der Waals surface area contributed by atoms with Gasteiger partial charge in [0.2, 0.25) is 11.7 Å². The molecule has 1 atom stereocenters. The van der Waals surface area contributed by atoms with E-state index in [1.807, 2.05) is 12.1 Å². The van der Waals surface area contributed by atoms with E-state index in [4.69, 9.17) is 20.9 Å². The van der Waals surface area contributed by atoms with Crippen LogP contribution in [0.1, 0.15) is 38.1 Å². The van der Waals surface area contributed by atoms with Gasteiger partial charge in [-0.15, -0.1) is 0 Å². The standard InChI is InChI=1S/C15H18ClN3O2/c1-2-8-20-13-6-5-10(16)9-11(13)14-18-15(21-19-14)12-4-3-7-17-12/h5-6,9,12,17H,2-4,7-8H2,1H3. The van der Waals surface area contributed by atoms with Crippen LogP contribution in [0, 0.1) is 0 Å². The fraction of sp³-hybridized carbons (Fsp3) is 0.467. The quantitative estimate of drug-likeness (QED) is 0.914. The van der Waals surface area contributed by atoms with Crippen LogP contribution in [-0.2, 0) is 0 Å². The number of halogens is 1. The first-order valence-electron chi connectivity index (χ1n) is 7.27. The predicted octanol–water partition coefficient (Wildman–Crippen LogP) is 3.60. The molecule has 3 rings (SSSR count). The number of nitrogens with one attached hydrogen (secondary N) is 1. The van der Waals surface area contributed by atoms with Gasteiger partial charge in [0.15, 0.2) is 0 Å². The van der Waals surface area contributed by atoms with Crippen LogP contribution in [-0.4, -0.2) is 23.3 Å². The lowest BCUT2D eigenvalue weighted by Crippen LogP contribution is -2.12. The summed E-state index contributed by atoms with van der Waals surface area (Å²) in [6, 6.07) is 5.61. The minimum Gasteiger partial charge on any atom is -0.493 e. The van der Waals surface area contributed by atoms with E-state index in [2.05, 4.69) is 22.4 Å². The third-order valence-electron chi connectivity index (χ3n) is 3.44. The second kappa shape index (κ2) is 6.45. The molecule has 0 spiro atoms. The average molecular weight is 308 g/mol. The minimum absolute atomic E-state index is 0.158. The number of benzene rings is 1. The molecule has 2 heterocycles. The molecule has 1 fully saturated rings. The van der Waals surface area contributed by atoms with Crippen molar-refractivity contribution in [2.45, 2.75) is 32.2 Å². The van der Waals surface area contributed by atoms with Gasteiger partial charge in [-0.1, -0.05) is 23.7 Å². The molecular weight excluding hydrogens is 290 g/mol. The summed E-state index contributed by atoms with van der Waals surface area (Å²) in [5.41, 5.74) is 0.768. The van der Waals surface area contributed by atoms with Gasteiger partial charge in [0.1, 0.15) is 5.75 Å². The SMILES string of the molecule is CCCOc1ccc(Cl)cc1-c1noc(C2CCCN2)n1. The first kappa shape index (κ1) is 14.4. The summed E-state index contributed by atoms with van der Waals surface area (Å²) in [7, 11) is 0. The first-order chi connectivity index (χ1) is 10.3. The molecule has 21 heavy (non-hydrogen) atoms. The monoisotopic (exact) mass is 307 g/mol. The number of hydrogen-bond donors (Lipinski definition) is 1. The Bertz CT molecular complexity index is 609. The maximum atomic E-state index is 6.08. The fourth-order valence-corrected chi connectivity index (χ4v) is 2.57. The molecule has 1 aromatic carbocycles. The maximum Gasteiger partial charge on any atom is 0.244 e. The third kappa shape index (κ3) is 3.19. The van der Waals surface area contributed by atoms with Crippen molar-refractivity contribution < 1.29 is 9.26 Å². The van der Waals surface area contributed by atoms with Crippen molar-refractivity contribution in [2.24, 2.45) is 0 Å². The Morgan fingerprint density at radius 1 is 1.48 bits per heavy atom. The van der Waals surface area contributed by atoms with Gasteiger partial charge in [-0.3, -0.25) is 0 Å². The zero-order valence-electron chi connectivity index (χ0n) is 11.9. The van der Waals surface area contributed by atoms with Crippen LogP contribution in [0.15, 0.2) is 22.7 Å². The molecule has 0 radical (unpaired) electrons. The number of hydrogen-bond acceptors (Lipinski definition) is 5. The van der Waals surface area contributed by atoms with Crippen molar-refractivity contribution in [3.63, 3.8) is 0 Å². The highest BCUT2D eigenvalue weighted by Crippen LogP contribution is 2.32. The van der Waals surface area contributed by atoms with E-state index < -0.39 is 0 Å². The number of ether oxygens (including phenoxy) is 1. The Labute approximate surface area is 128 Å². The predicted molar refractivity (Wildman–Crippen MR) is 80.5 cm³/mol. The van der Waals surface area contributed by atoms with E-state index in [9.17, 15) is 0 Å². The molecule has 0 amide bonds. The van der Waals surface area contributed by atoms with Crippen molar-refractivity contribution in [3.8, 4) is 17.1 Å². The van der Waals surface area contributed by atoms with Crippen LogP contribution in [0.5, 0.6) is 5.75 Å². The molecule has 0 saturated carbocycles. The Morgan fingerprint density at radius 3 is 3.14 bits per heavy atom. The summed E-state index contributed by atoms with van der Waals surface area (Å²) < 4.78 is 11.1. The molecular formula is C15H18ClN3O2. The van der Waals surface area contributed by atoms with E-state index >= 15 is 0 Å². The molecule has 2 aromatic rings. The lowest BCUT2D eigenvalue weighted by Gasteiger charge is -2.08. The molecule has 5 nitrogen and oxygen atoms in total. The molecule has 1 unspecified atom stereocenters. The number of nitrogens with zero attached hydrogens (tertiary/aromatic N) is 2. The third-order valence-corrected chi connectivity index (χ3v) is 3.68. The zero-order valence-corrected chi connectivity index (χ0v) is 12.7. The highest BCUT2D eigenvalue weighted by atomic mass is 35.5. The number of rotatable bonds is 5. The van der Waals surface area contributed by atoms with Crippen LogP contribution in [0.4, 0.5) is 0 Å². The van der Waals surface area contributed by atoms with Crippen molar-refractivity contribution in [3.05, 3.63) is 29.1 Å². The van der Waals surface area contributed by atoms with Crippen molar-refractivity contribution in [1.82, 2.24) is 15.5 Å². The molecule has 1 saturated heterocycles. The van der Waals surface area contributed by atoms with Crippen molar-refractivity contribution in [1.29, 1.82) is 0 Å². The van der Waals surface area contributed by atoms with Gasteiger partial charge in [0.25, 0.3) is 0 Å².